The Labute approximate surface area is 129 Å². The second-order valence-corrected chi connectivity index (χ2v) is 6.81. The zero-order valence-corrected chi connectivity index (χ0v) is 13.1. The standard InChI is InChI=1S/C16H15N3O2S/c1-12(14-5-9-16(10-6-14)22(2,20)21)18-19-15-7-3-13(11-17)4-8-15/h3-10,19H,1-2H3/b18-12+. The number of nitriles is 1. The fourth-order valence-electron chi connectivity index (χ4n) is 1.78. The molecule has 0 bridgehead atoms. The summed E-state index contributed by atoms with van der Waals surface area (Å²) in [7, 11) is -3.19. The number of nitrogens with one attached hydrogen (secondary N) is 1. The highest BCUT2D eigenvalue weighted by Crippen LogP contribution is 2.12. The van der Waals surface area contributed by atoms with Crippen LogP contribution >= 0.6 is 0 Å². The number of nitrogens with zero attached hydrogens (tertiary/aromatic N) is 2. The normalized spacial score (nSPS) is 11.8. The fraction of sp³-hybridized carbons (Fsp3) is 0.125. The molecule has 0 heterocycles. The lowest BCUT2D eigenvalue weighted by atomic mass is 10.1. The van der Waals surface area contributed by atoms with E-state index in [4.69, 9.17) is 5.26 Å². The Morgan fingerprint density at radius 2 is 1.68 bits per heavy atom. The van der Waals surface area contributed by atoms with Gasteiger partial charge in [-0.2, -0.15) is 10.4 Å². The van der Waals surface area contributed by atoms with Crippen LogP contribution in [0.4, 0.5) is 5.69 Å². The van der Waals surface area contributed by atoms with Crippen LogP contribution in [-0.4, -0.2) is 20.4 Å². The summed E-state index contributed by atoms with van der Waals surface area (Å²) >= 11 is 0. The molecule has 0 saturated heterocycles. The Bertz CT molecular complexity index is 830. The van der Waals surface area contributed by atoms with Crippen LogP contribution in [0, 0.1) is 11.3 Å². The number of benzene rings is 2. The van der Waals surface area contributed by atoms with Gasteiger partial charge < -0.3 is 0 Å². The topological polar surface area (TPSA) is 82.3 Å². The van der Waals surface area contributed by atoms with E-state index in [0.717, 1.165) is 17.0 Å². The molecule has 6 heteroatoms. The van der Waals surface area contributed by atoms with Crippen molar-refractivity contribution < 1.29 is 8.42 Å². The summed E-state index contributed by atoms with van der Waals surface area (Å²) in [6.45, 7) is 1.83. The van der Waals surface area contributed by atoms with E-state index in [-0.39, 0.29) is 4.90 Å². The lowest BCUT2D eigenvalue weighted by Gasteiger charge is -2.05. The Kier molecular flexibility index (Phi) is 4.59. The molecule has 0 unspecified atom stereocenters. The van der Waals surface area contributed by atoms with Crippen molar-refractivity contribution in [3.05, 3.63) is 59.7 Å². The van der Waals surface area contributed by atoms with E-state index in [1.165, 1.54) is 6.26 Å². The van der Waals surface area contributed by atoms with Gasteiger partial charge in [0.15, 0.2) is 9.84 Å². The smallest absolute Gasteiger partial charge is 0.175 e. The van der Waals surface area contributed by atoms with E-state index in [9.17, 15) is 8.42 Å². The maximum Gasteiger partial charge on any atom is 0.175 e. The van der Waals surface area contributed by atoms with Gasteiger partial charge in [-0.15, -0.1) is 0 Å². The quantitative estimate of drug-likeness (QED) is 0.695. The van der Waals surface area contributed by atoms with Gasteiger partial charge in [0.05, 0.1) is 27.9 Å². The minimum atomic E-state index is -3.19. The molecule has 0 saturated carbocycles. The first-order chi connectivity index (χ1) is 10.4. The molecular formula is C16H15N3O2S. The first kappa shape index (κ1) is 15.7. The highest BCUT2D eigenvalue weighted by Gasteiger charge is 2.06. The lowest BCUT2D eigenvalue weighted by Crippen LogP contribution is -2.01. The maximum atomic E-state index is 11.4. The molecule has 22 heavy (non-hydrogen) atoms. The van der Waals surface area contributed by atoms with E-state index in [1.54, 1.807) is 48.5 Å². The monoisotopic (exact) mass is 313 g/mol. The van der Waals surface area contributed by atoms with E-state index in [1.807, 2.05) is 13.0 Å². The van der Waals surface area contributed by atoms with Gasteiger partial charge in [-0.25, -0.2) is 8.42 Å². The molecule has 1 N–H and O–H groups in total. The molecule has 2 aromatic carbocycles. The van der Waals surface area contributed by atoms with Crippen LogP contribution in [0.1, 0.15) is 18.1 Å². The van der Waals surface area contributed by atoms with Crippen molar-refractivity contribution in [2.45, 2.75) is 11.8 Å². The molecule has 0 aliphatic carbocycles. The average molecular weight is 313 g/mol. The van der Waals surface area contributed by atoms with Crippen LogP contribution < -0.4 is 5.43 Å². The molecule has 0 aliphatic rings. The number of hydrogen-bond acceptors (Lipinski definition) is 5. The van der Waals surface area contributed by atoms with Crippen LogP contribution in [0.2, 0.25) is 0 Å². The first-order valence-corrected chi connectivity index (χ1v) is 8.40. The van der Waals surface area contributed by atoms with Crippen LogP contribution in [0.5, 0.6) is 0 Å². The first-order valence-electron chi connectivity index (χ1n) is 6.51. The molecule has 0 atom stereocenters. The molecule has 0 radical (unpaired) electrons. The lowest BCUT2D eigenvalue weighted by molar-refractivity contribution is 0.602. The summed E-state index contributed by atoms with van der Waals surface area (Å²) in [6.07, 6.45) is 1.18. The summed E-state index contributed by atoms with van der Waals surface area (Å²) in [6, 6.07) is 15.5. The molecule has 0 spiro atoms. The second-order valence-electron chi connectivity index (χ2n) is 4.79. The van der Waals surface area contributed by atoms with Gasteiger partial charge >= 0.3 is 0 Å². The van der Waals surface area contributed by atoms with Crippen molar-refractivity contribution in [3.63, 3.8) is 0 Å². The predicted octanol–water partition coefficient (Wildman–Crippen LogP) is 2.80. The Morgan fingerprint density at radius 1 is 1.09 bits per heavy atom. The van der Waals surface area contributed by atoms with E-state index in [0.29, 0.717) is 5.56 Å². The number of hydrazone groups is 1. The van der Waals surface area contributed by atoms with E-state index < -0.39 is 9.84 Å². The minimum Gasteiger partial charge on any atom is -0.278 e. The Hall–Kier alpha value is -2.65. The van der Waals surface area contributed by atoms with Crippen LogP contribution in [-0.2, 0) is 9.84 Å². The van der Waals surface area contributed by atoms with Crippen LogP contribution in [0.25, 0.3) is 0 Å². The molecule has 0 aliphatic heterocycles. The van der Waals surface area contributed by atoms with Crippen LogP contribution in [0.15, 0.2) is 58.5 Å². The van der Waals surface area contributed by atoms with Crippen molar-refractivity contribution in [2.24, 2.45) is 5.10 Å². The Morgan fingerprint density at radius 3 is 2.18 bits per heavy atom. The number of anilines is 1. The van der Waals surface area contributed by atoms with Gasteiger partial charge in [0.1, 0.15) is 0 Å². The van der Waals surface area contributed by atoms with Gasteiger partial charge in [0.25, 0.3) is 0 Å². The summed E-state index contributed by atoms with van der Waals surface area (Å²) in [5.41, 5.74) is 5.81. The van der Waals surface area contributed by atoms with Crippen molar-refractivity contribution in [3.8, 4) is 6.07 Å². The van der Waals surface area contributed by atoms with Gasteiger partial charge in [-0.1, -0.05) is 12.1 Å². The number of rotatable bonds is 4. The highest BCUT2D eigenvalue weighted by molar-refractivity contribution is 7.90. The predicted molar refractivity (Wildman–Crippen MR) is 86.5 cm³/mol. The molecule has 2 rings (SSSR count). The van der Waals surface area contributed by atoms with E-state index >= 15 is 0 Å². The summed E-state index contributed by atoms with van der Waals surface area (Å²) < 4.78 is 22.8. The molecule has 5 nitrogen and oxygen atoms in total. The number of hydrogen-bond donors (Lipinski definition) is 1. The van der Waals surface area contributed by atoms with E-state index in [2.05, 4.69) is 10.5 Å². The van der Waals surface area contributed by atoms with Crippen molar-refractivity contribution in [2.75, 3.05) is 11.7 Å². The molecule has 0 fully saturated rings. The second kappa shape index (κ2) is 6.41. The molecule has 0 amide bonds. The van der Waals surface area contributed by atoms with Crippen LogP contribution in [0.3, 0.4) is 0 Å². The van der Waals surface area contributed by atoms with Gasteiger partial charge in [-0.05, 0) is 48.9 Å². The minimum absolute atomic E-state index is 0.282. The summed E-state index contributed by atoms with van der Waals surface area (Å²) in [5, 5.41) is 13.0. The molecular weight excluding hydrogens is 298 g/mol. The highest BCUT2D eigenvalue weighted by atomic mass is 32.2. The fourth-order valence-corrected chi connectivity index (χ4v) is 2.41. The maximum absolute atomic E-state index is 11.4. The molecule has 2 aromatic rings. The Balaban J connectivity index is 2.13. The SMILES string of the molecule is C/C(=N\Nc1ccc(C#N)cc1)c1ccc(S(C)(=O)=O)cc1. The van der Waals surface area contributed by atoms with Crippen molar-refractivity contribution in [1.29, 1.82) is 5.26 Å². The third-order valence-corrected chi connectivity index (χ3v) is 4.20. The average Bonchev–Trinajstić information content (AvgIpc) is 2.52. The zero-order valence-electron chi connectivity index (χ0n) is 12.2. The summed E-state index contributed by atoms with van der Waals surface area (Å²) in [5.74, 6) is 0. The van der Waals surface area contributed by atoms with Gasteiger partial charge in [-0.3, -0.25) is 5.43 Å². The third-order valence-electron chi connectivity index (χ3n) is 3.07. The zero-order chi connectivity index (χ0) is 16.2. The third kappa shape index (κ3) is 3.93. The summed E-state index contributed by atoms with van der Waals surface area (Å²) in [4.78, 5) is 0.282. The largest absolute Gasteiger partial charge is 0.278 e. The van der Waals surface area contributed by atoms with Crippen molar-refractivity contribution >= 4 is 21.2 Å². The molecule has 112 valence electrons. The van der Waals surface area contributed by atoms with Gasteiger partial charge in [0, 0.05) is 6.26 Å². The van der Waals surface area contributed by atoms with Gasteiger partial charge in [0.2, 0.25) is 0 Å². The number of sulfone groups is 1. The van der Waals surface area contributed by atoms with Crippen molar-refractivity contribution in [1.82, 2.24) is 0 Å². The molecule has 0 aromatic heterocycles.